The van der Waals surface area contributed by atoms with E-state index in [4.69, 9.17) is 10.5 Å². The summed E-state index contributed by atoms with van der Waals surface area (Å²) in [4.78, 5) is 25.7. The molecule has 4 rings (SSSR count). The van der Waals surface area contributed by atoms with Crippen LogP contribution in [0.2, 0.25) is 0 Å². The van der Waals surface area contributed by atoms with Crippen LogP contribution in [0.1, 0.15) is 37.9 Å². The van der Waals surface area contributed by atoms with Gasteiger partial charge in [0.05, 0.1) is 18.2 Å². The number of anilines is 1. The Morgan fingerprint density at radius 3 is 2.76 bits per heavy atom. The lowest BCUT2D eigenvalue weighted by Crippen LogP contribution is -2.58. The molecule has 4 heterocycles. The van der Waals surface area contributed by atoms with Crippen molar-refractivity contribution in [1.82, 2.24) is 19.8 Å². The lowest BCUT2D eigenvalue weighted by molar-refractivity contribution is -0.150. The molecule has 136 valence electrons. The van der Waals surface area contributed by atoms with Gasteiger partial charge in [0, 0.05) is 38.4 Å². The molecule has 0 aliphatic carbocycles. The molecule has 0 atom stereocenters. The molecule has 1 spiro atoms. The Bertz CT molecular complexity index is 663. The zero-order valence-corrected chi connectivity index (χ0v) is 15.1. The standard InChI is InChI=1S/C18H27N5O2/c1-12(2)23-10-14(11-23)16(24)22-6-4-18(5-7-22)15-13(3-8-25-18)9-20-17(19)21-15/h9,12,14H,3-8,10-11H2,1-2H3,(H2,19,20,21). The van der Waals surface area contributed by atoms with Crippen molar-refractivity contribution in [2.45, 2.75) is 44.8 Å². The molecule has 3 aliphatic heterocycles. The molecule has 1 aromatic rings. The first-order chi connectivity index (χ1) is 12.0. The van der Waals surface area contributed by atoms with Gasteiger partial charge in [0.2, 0.25) is 11.9 Å². The van der Waals surface area contributed by atoms with E-state index >= 15 is 0 Å². The number of nitrogens with zero attached hydrogens (tertiary/aromatic N) is 4. The van der Waals surface area contributed by atoms with Crippen molar-refractivity contribution in [2.75, 3.05) is 38.5 Å². The Balaban J connectivity index is 1.43. The summed E-state index contributed by atoms with van der Waals surface area (Å²) in [6.45, 7) is 8.26. The number of nitrogens with two attached hydrogens (primary N) is 1. The lowest BCUT2D eigenvalue weighted by Gasteiger charge is -2.47. The van der Waals surface area contributed by atoms with Crippen LogP contribution in [0.4, 0.5) is 5.95 Å². The van der Waals surface area contributed by atoms with Crippen LogP contribution in [-0.4, -0.2) is 64.5 Å². The number of rotatable bonds is 2. The second-order valence-corrected chi connectivity index (χ2v) is 7.76. The molecule has 1 aromatic heterocycles. The fourth-order valence-electron chi connectivity index (χ4n) is 4.24. The van der Waals surface area contributed by atoms with E-state index in [0.29, 0.717) is 24.5 Å². The molecule has 25 heavy (non-hydrogen) atoms. The molecule has 0 unspecified atom stereocenters. The van der Waals surface area contributed by atoms with Crippen LogP contribution in [0.15, 0.2) is 6.20 Å². The van der Waals surface area contributed by atoms with Gasteiger partial charge in [-0.15, -0.1) is 0 Å². The third kappa shape index (κ3) is 2.89. The van der Waals surface area contributed by atoms with Gasteiger partial charge in [0.25, 0.3) is 0 Å². The van der Waals surface area contributed by atoms with Crippen molar-refractivity contribution in [1.29, 1.82) is 0 Å². The molecule has 2 fully saturated rings. The average Bonchev–Trinajstić information content (AvgIpc) is 2.55. The van der Waals surface area contributed by atoms with Crippen LogP contribution in [0, 0.1) is 5.92 Å². The van der Waals surface area contributed by atoms with Crippen molar-refractivity contribution in [3.8, 4) is 0 Å². The summed E-state index contributed by atoms with van der Waals surface area (Å²) in [5.41, 5.74) is 7.47. The van der Waals surface area contributed by atoms with Crippen molar-refractivity contribution in [2.24, 2.45) is 5.92 Å². The molecule has 0 saturated carbocycles. The monoisotopic (exact) mass is 345 g/mol. The van der Waals surface area contributed by atoms with E-state index in [0.717, 1.165) is 56.7 Å². The van der Waals surface area contributed by atoms with Crippen LogP contribution in [0.5, 0.6) is 0 Å². The number of hydrogen-bond donors (Lipinski definition) is 1. The predicted octanol–water partition coefficient (Wildman–Crippen LogP) is 0.789. The Hall–Kier alpha value is -1.73. The van der Waals surface area contributed by atoms with Crippen molar-refractivity contribution in [3.05, 3.63) is 17.5 Å². The minimum atomic E-state index is -0.398. The number of piperidine rings is 1. The fourth-order valence-corrected chi connectivity index (χ4v) is 4.24. The summed E-state index contributed by atoms with van der Waals surface area (Å²) in [6, 6.07) is 0.519. The second-order valence-electron chi connectivity index (χ2n) is 7.76. The summed E-state index contributed by atoms with van der Waals surface area (Å²) >= 11 is 0. The van der Waals surface area contributed by atoms with Crippen LogP contribution < -0.4 is 5.73 Å². The summed E-state index contributed by atoms with van der Waals surface area (Å²) in [6.07, 6.45) is 4.22. The zero-order valence-electron chi connectivity index (χ0n) is 15.1. The Kier molecular flexibility index (Phi) is 4.16. The lowest BCUT2D eigenvalue weighted by atomic mass is 9.82. The Morgan fingerprint density at radius 2 is 2.08 bits per heavy atom. The number of carbonyl (C=O) groups is 1. The number of ether oxygens (including phenoxy) is 1. The number of fused-ring (bicyclic) bond motifs is 2. The van der Waals surface area contributed by atoms with E-state index in [1.165, 1.54) is 0 Å². The molecule has 7 heteroatoms. The first-order valence-corrected chi connectivity index (χ1v) is 9.27. The van der Waals surface area contributed by atoms with E-state index in [-0.39, 0.29) is 5.92 Å². The third-order valence-electron chi connectivity index (χ3n) is 5.94. The maximum atomic E-state index is 12.7. The van der Waals surface area contributed by atoms with Gasteiger partial charge in [0.1, 0.15) is 5.60 Å². The third-order valence-corrected chi connectivity index (χ3v) is 5.94. The van der Waals surface area contributed by atoms with E-state index in [1.54, 1.807) is 0 Å². The summed E-state index contributed by atoms with van der Waals surface area (Å²) < 4.78 is 6.17. The minimum Gasteiger partial charge on any atom is -0.368 e. The summed E-state index contributed by atoms with van der Waals surface area (Å²) in [5.74, 6) is 0.754. The summed E-state index contributed by atoms with van der Waals surface area (Å²) in [5, 5.41) is 0. The number of carbonyl (C=O) groups excluding carboxylic acids is 1. The molecule has 0 radical (unpaired) electrons. The molecule has 2 N–H and O–H groups in total. The van der Waals surface area contributed by atoms with Crippen molar-refractivity contribution < 1.29 is 9.53 Å². The van der Waals surface area contributed by atoms with E-state index in [2.05, 4.69) is 28.7 Å². The minimum absolute atomic E-state index is 0.161. The predicted molar refractivity (Wildman–Crippen MR) is 93.8 cm³/mol. The van der Waals surface area contributed by atoms with Crippen LogP contribution in [0.25, 0.3) is 0 Å². The van der Waals surface area contributed by atoms with Gasteiger partial charge in [0.15, 0.2) is 0 Å². The SMILES string of the molecule is CC(C)N1CC(C(=O)N2CCC3(CC2)OCCc2cnc(N)nc23)C1. The average molecular weight is 345 g/mol. The molecule has 0 bridgehead atoms. The smallest absolute Gasteiger partial charge is 0.228 e. The molecular weight excluding hydrogens is 318 g/mol. The zero-order chi connectivity index (χ0) is 17.6. The number of hydrogen-bond acceptors (Lipinski definition) is 6. The normalized spacial score (nSPS) is 23.6. The number of likely N-dealkylation sites (tertiary alicyclic amines) is 2. The van der Waals surface area contributed by atoms with Crippen LogP contribution >= 0.6 is 0 Å². The van der Waals surface area contributed by atoms with Gasteiger partial charge in [-0.2, -0.15) is 0 Å². The highest BCUT2D eigenvalue weighted by molar-refractivity contribution is 5.80. The number of nitrogen functional groups attached to an aromatic ring is 1. The molecule has 0 aromatic carbocycles. The topological polar surface area (TPSA) is 84.6 Å². The molecular formula is C18H27N5O2. The van der Waals surface area contributed by atoms with Gasteiger partial charge in [-0.3, -0.25) is 9.69 Å². The van der Waals surface area contributed by atoms with Crippen molar-refractivity contribution in [3.63, 3.8) is 0 Å². The Labute approximate surface area is 148 Å². The molecule has 2 saturated heterocycles. The quantitative estimate of drug-likeness (QED) is 0.853. The maximum absolute atomic E-state index is 12.7. The first-order valence-electron chi connectivity index (χ1n) is 9.27. The molecule has 1 amide bonds. The largest absolute Gasteiger partial charge is 0.368 e. The van der Waals surface area contributed by atoms with Crippen molar-refractivity contribution >= 4 is 11.9 Å². The first kappa shape index (κ1) is 16.7. The molecule has 7 nitrogen and oxygen atoms in total. The molecule has 3 aliphatic rings. The van der Waals surface area contributed by atoms with Gasteiger partial charge in [-0.25, -0.2) is 9.97 Å². The highest BCUT2D eigenvalue weighted by Crippen LogP contribution is 2.40. The van der Waals surface area contributed by atoms with Gasteiger partial charge in [-0.05, 0) is 38.7 Å². The fraction of sp³-hybridized carbons (Fsp3) is 0.722. The highest BCUT2D eigenvalue weighted by atomic mass is 16.5. The van der Waals surface area contributed by atoms with Gasteiger partial charge >= 0.3 is 0 Å². The van der Waals surface area contributed by atoms with E-state index in [9.17, 15) is 4.79 Å². The van der Waals surface area contributed by atoms with Gasteiger partial charge < -0.3 is 15.4 Å². The Morgan fingerprint density at radius 1 is 1.36 bits per heavy atom. The number of amides is 1. The van der Waals surface area contributed by atoms with Gasteiger partial charge in [-0.1, -0.05) is 0 Å². The maximum Gasteiger partial charge on any atom is 0.228 e. The number of aromatic nitrogens is 2. The van der Waals surface area contributed by atoms with E-state index in [1.807, 2.05) is 11.1 Å². The van der Waals surface area contributed by atoms with Crippen LogP contribution in [-0.2, 0) is 21.6 Å². The highest BCUT2D eigenvalue weighted by Gasteiger charge is 2.45. The van der Waals surface area contributed by atoms with Crippen LogP contribution in [0.3, 0.4) is 0 Å². The van der Waals surface area contributed by atoms with E-state index < -0.39 is 5.60 Å². The second kappa shape index (κ2) is 6.21. The summed E-state index contributed by atoms with van der Waals surface area (Å²) in [7, 11) is 0.